The first-order valence-electron chi connectivity index (χ1n) is 5.01. The molecule has 2 heteroatoms. The van der Waals surface area contributed by atoms with Crippen molar-refractivity contribution in [2.45, 2.75) is 26.2 Å². The smallest absolute Gasteiger partial charge is 0.0490 e. The molecule has 0 radical (unpaired) electrons. The molecule has 0 bridgehead atoms. The highest BCUT2D eigenvalue weighted by atomic mass is 35.5. The van der Waals surface area contributed by atoms with E-state index in [4.69, 9.17) is 11.6 Å². The van der Waals surface area contributed by atoms with Gasteiger partial charge in [0.25, 0.3) is 0 Å². The van der Waals surface area contributed by atoms with Crippen LogP contribution in [0.25, 0.3) is 0 Å². The molecule has 0 heterocycles. The molecule has 1 fully saturated rings. The Kier molecular flexibility index (Phi) is 2.54. The van der Waals surface area contributed by atoms with E-state index in [-0.39, 0.29) is 5.41 Å². The van der Waals surface area contributed by atoms with Crippen molar-refractivity contribution in [3.8, 4) is 0 Å². The second-order valence-corrected chi connectivity index (χ2v) is 4.84. The lowest BCUT2D eigenvalue weighted by Gasteiger charge is -2.13. The predicted molar refractivity (Wildman–Crippen MR) is 58.6 cm³/mol. The number of aliphatic hydroxyl groups is 1. The van der Waals surface area contributed by atoms with Gasteiger partial charge in [0.15, 0.2) is 0 Å². The predicted octanol–water partition coefficient (Wildman–Crippen LogP) is 2.96. The third-order valence-corrected chi connectivity index (χ3v) is 3.40. The average molecular weight is 211 g/mol. The molecule has 0 saturated heterocycles. The van der Waals surface area contributed by atoms with E-state index in [1.54, 1.807) is 0 Å². The average Bonchev–Trinajstić information content (AvgIpc) is 2.91. The van der Waals surface area contributed by atoms with Crippen molar-refractivity contribution in [3.05, 3.63) is 34.3 Å². The Bertz CT molecular complexity index is 342. The van der Waals surface area contributed by atoms with Crippen molar-refractivity contribution < 1.29 is 5.11 Å². The maximum absolute atomic E-state index is 9.24. The van der Waals surface area contributed by atoms with Crippen LogP contribution < -0.4 is 0 Å². The summed E-state index contributed by atoms with van der Waals surface area (Å²) in [7, 11) is 0. The third-order valence-electron chi connectivity index (χ3n) is 3.16. The van der Waals surface area contributed by atoms with Gasteiger partial charge in [-0.25, -0.2) is 0 Å². The first kappa shape index (κ1) is 10.0. The van der Waals surface area contributed by atoms with Crippen molar-refractivity contribution in [2.75, 3.05) is 6.61 Å². The molecule has 1 aliphatic carbocycles. The zero-order chi connectivity index (χ0) is 10.2. The van der Waals surface area contributed by atoms with Gasteiger partial charge in [-0.15, -0.1) is 0 Å². The van der Waals surface area contributed by atoms with Crippen LogP contribution in [-0.2, 0) is 6.42 Å². The van der Waals surface area contributed by atoms with Crippen molar-refractivity contribution in [1.82, 2.24) is 0 Å². The zero-order valence-corrected chi connectivity index (χ0v) is 9.14. The lowest BCUT2D eigenvalue weighted by Crippen LogP contribution is -2.10. The van der Waals surface area contributed by atoms with E-state index in [9.17, 15) is 5.11 Å². The molecule has 1 N–H and O–H groups in total. The summed E-state index contributed by atoms with van der Waals surface area (Å²) >= 11 is 5.89. The fourth-order valence-corrected chi connectivity index (χ4v) is 2.06. The Hall–Kier alpha value is -0.530. The van der Waals surface area contributed by atoms with E-state index in [0.717, 1.165) is 24.3 Å². The van der Waals surface area contributed by atoms with Gasteiger partial charge in [-0.2, -0.15) is 0 Å². The van der Waals surface area contributed by atoms with Crippen LogP contribution in [0.4, 0.5) is 0 Å². The van der Waals surface area contributed by atoms with E-state index in [2.05, 4.69) is 13.0 Å². The monoisotopic (exact) mass is 210 g/mol. The lowest BCUT2D eigenvalue weighted by molar-refractivity contribution is 0.211. The van der Waals surface area contributed by atoms with Gasteiger partial charge in [0.1, 0.15) is 0 Å². The van der Waals surface area contributed by atoms with Gasteiger partial charge in [0, 0.05) is 11.6 Å². The maximum Gasteiger partial charge on any atom is 0.0490 e. The van der Waals surface area contributed by atoms with Crippen LogP contribution in [0, 0.1) is 12.3 Å². The summed E-state index contributed by atoms with van der Waals surface area (Å²) in [6.45, 7) is 2.39. The van der Waals surface area contributed by atoms with Crippen LogP contribution in [-0.4, -0.2) is 11.7 Å². The van der Waals surface area contributed by atoms with Gasteiger partial charge in [-0.3, -0.25) is 0 Å². The molecular weight excluding hydrogens is 196 g/mol. The first-order chi connectivity index (χ1) is 6.65. The summed E-state index contributed by atoms with van der Waals surface area (Å²) in [4.78, 5) is 0. The summed E-state index contributed by atoms with van der Waals surface area (Å²) in [6.07, 6.45) is 3.31. The van der Waals surface area contributed by atoms with E-state index >= 15 is 0 Å². The quantitative estimate of drug-likeness (QED) is 0.814. The van der Waals surface area contributed by atoms with Gasteiger partial charge < -0.3 is 5.11 Å². The molecule has 0 aromatic heterocycles. The molecule has 0 spiro atoms. The van der Waals surface area contributed by atoms with Gasteiger partial charge in [-0.05, 0) is 54.9 Å². The molecule has 76 valence electrons. The highest BCUT2D eigenvalue weighted by molar-refractivity contribution is 6.30. The van der Waals surface area contributed by atoms with Crippen molar-refractivity contribution in [2.24, 2.45) is 5.41 Å². The molecule has 0 atom stereocenters. The number of halogens is 1. The molecule has 1 saturated carbocycles. The molecule has 2 rings (SSSR count). The first-order valence-corrected chi connectivity index (χ1v) is 5.39. The number of rotatable bonds is 3. The molecule has 0 unspecified atom stereocenters. The Morgan fingerprint density at radius 2 is 2.14 bits per heavy atom. The molecule has 1 nitrogen and oxygen atoms in total. The number of aliphatic hydroxyl groups excluding tert-OH is 1. The summed E-state index contributed by atoms with van der Waals surface area (Å²) < 4.78 is 0. The van der Waals surface area contributed by atoms with Crippen LogP contribution in [0.1, 0.15) is 24.0 Å². The minimum Gasteiger partial charge on any atom is -0.396 e. The number of benzene rings is 1. The number of hydrogen-bond donors (Lipinski definition) is 1. The fourth-order valence-electron chi connectivity index (χ4n) is 1.83. The lowest BCUT2D eigenvalue weighted by atomic mass is 9.94. The van der Waals surface area contributed by atoms with Gasteiger partial charge in [0.2, 0.25) is 0 Å². The van der Waals surface area contributed by atoms with E-state index in [0.29, 0.717) is 6.61 Å². The standard InChI is InChI=1S/C12H15ClO/c1-9-6-11(13)3-2-10(9)7-12(8-14)4-5-12/h2-3,6,14H,4-5,7-8H2,1H3. The molecule has 14 heavy (non-hydrogen) atoms. The van der Waals surface area contributed by atoms with Gasteiger partial charge >= 0.3 is 0 Å². The topological polar surface area (TPSA) is 20.2 Å². The van der Waals surface area contributed by atoms with Crippen molar-refractivity contribution in [3.63, 3.8) is 0 Å². The number of aryl methyl sites for hydroxylation is 1. The second kappa shape index (κ2) is 3.56. The summed E-state index contributed by atoms with van der Waals surface area (Å²) in [5.41, 5.74) is 2.75. The Balaban J connectivity index is 2.17. The molecular formula is C12H15ClO. The number of hydrogen-bond acceptors (Lipinski definition) is 1. The summed E-state index contributed by atoms with van der Waals surface area (Å²) in [5, 5.41) is 10.0. The molecule has 0 amide bonds. The third kappa shape index (κ3) is 1.94. The van der Waals surface area contributed by atoms with Gasteiger partial charge in [0.05, 0.1) is 0 Å². The largest absolute Gasteiger partial charge is 0.396 e. The van der Waals surface area contributed by atoms with Crippen LogP contribution in [0.15, 0.2) is 18.2 Å². The van der Waals surface area contributed by atoms with Gasteiger partial charge in [-0.1, -0.05) is 17.7 Å². The molecule has 0 aliphatic heterocycles. The van der Waals surface area contributed by atoms with E-state index in [1.807, 2.05) is 12.1 Å². The maximum atomic E-state index is 9.24. The van der Waals surface area contributed by atoms with Crippen LogP contribution in [0.2, 0.25) is 5.02 Å². The fraction of sp³-hybridized carbons (Fsp3) is 0.500. The van der Waals surface area contributed by atoms with Crippen molar-refractivity contribution >= 4 is 11.6 Å². The summed E-state index contributed by atoms with van der Waals surface area (Å²) in [5.74, 6) is 0. The van der Waals surface area contributed by atoms with Crippen molar-refractivity contribution in [1.29, 1.82) is 0 Å². The Morgan fingerprint density at radius 3 is 2.64 bits per heavy atom. The van der Waals surface area contributed by atoms with E-state index in [1.165, 1.54) is 11.1 Å². The highest BCUT2D eigenvalue weighted by Crippen LogP contribution is 2.48. The minimum atomic E-state index is 0.193. The Morgan fingerprint density at radius 1 is 1.43 bits per heavy atom. The Labute approximate surface area is 89.7 Å². The van der Waals surface area contributed by atoms with Crippen LogP contribution in [0.3, 0.4) is 0 Å². The SMILES string of the molecule is Cc1cc(Cl)ccc1CC1(CO)CC1. The highest BCUT2D eigenvalue weighted by Gasteiger charge is 2.41. The molecule has 1 aliphatic rings. The normalized spacial score (nSPS) is 18.2. The molecule has 1 aromatic carbocycles. The van der Waals surface area contributed by atoms with Crippen LogP contribution in [0.5, 0.6) is 0 Å². The van der Waals surface area contributed by atoms with Crippen LogP contribution >= 0.6 is 11.6 Å². The second-order valence-electron chi connectivity index (χ2n) is 4.41. The van der Waals surface area contributed by atoms with E-state index < -0.39 is 0 Å². The zero-order valence-electron chi connectivity index (χ0n) is 8.39. The minimum absolute atomic E-state index is 0.193. The molecule has 1 aromatic rings. The summed E-state index contributed by atoms with van der Waals surface area (Å²) in [6, 6.07) is 6.00.